The summed E-state index contributed by atoms with van der Waals surface area (Å²) in [6.07, 6.45) is 0.938. The fourth-order valence-electron chi connectivity index (χ4n) is 2.23. The van der Waals surface area contributed by atoms with E-state index in [2.05, 4.69) is 20.5 Å². The molecule has 3 aromatic rings. The minimum Gasteiger partial charge on any atom is -0.388 e. The first-order valence-corrected chi connectivity index (χ1v) is 11.0. The van der Waals surface area contributed by atoms with Gasteiger partial charge in [0.05, 0.1) is 4.90 Å². The Morgan fingerprint density at radius 3 is 2.19 bits per heavy atom. The average Bonchev–Trinajstić information content (AvgIpc) is 3.21. The van der Waals surface area contributed by atoms with Gasteiger partial charge in [0.1, 0.15) is 23.0 Å². The van der Waals surface area contributed by atoms with Crippen molar-refractivity contribution in [1.29, 1.82) is 0 Å². The summed E-state index contributed by atoms with van der Waals surface area (Å²) < 4.78 is 20.3. The van der Waals surface area contributed by atoms with Crippen LogP contribution in [0.4, 0.5) is 17.1 Å². The van der Waals surface area contributed by atoms with Crippen molar-refractivity contribution >= 4 is 40.2 Å². The van der Waals surface area contributed by atoms with E-state index in [0.29, 0.717) is 16.3 Å². The number of nitrogens with one attached hydrogen (secondary N) is 3. The standard InChI is InChI=1S/C18H18N4O3S.C5H10O/c1-12-10-17(21-25-12)18(23)20-15-4-3-5-16(11-15)26(24)22-14-8-6-13(19-2)7-9-14;1-5(2,3)4-6/h3-11,19,22H,1-2H3,(H,20,23);4H,1-3H3. The quantitative estimate of drug-likeness (QED) is 0.466. The van der Waals surface area contributed by atoms with Gasteiger partial charge in [-0.05, 0) is 49.4 Å². The molecule has 3 N–H and O–H groups in total. The smallest absolute Gasteiger partial charge is 0.277 e. The first kappa shape index (κ1) is 24.8. The molecule has 0 spiro atoms. The largest absolute Gasteiger partial charge is 0.388 e. The van der Waals surface area contributed by atoms with Gasteiger partial charge in [-0.25, -0.2) is 4.21 Å². The number of hydrogen-bond donors (Lipinski definition) is 3. The minimum absolute atomic E-state index is 0.139. The van der Waals surface area contributed by atoms with E-state index in [1.165, 1.54) is 0 Å². The molecular weight excluding hydrogens is 428 g/mol. The number of amides is 1. The highest BCUT2D eigenvalue weighted by Crippen LogP contribution is 2.19. The summed E-state index contributed by atoms with van der Waals surface area (Å²) in [4.78, 5) is 22.5. The highest BCUT2D eigenvalue weighted by Gasteiger charge is 2.12. The van der Waals surface area contributed by atoms with E-state index in [1.54, 1.807) is 37.3 Å². The number of nitrogens with zero attached hydrogens (tertiary/aromatic N) is 1. The molecule has 0 bridgehead atoms. The number of carbonyl (C=O) groups is 2. The molecule has 32 heavy (non-hydrogen) atoms. The lowest BCUT2D eigenvalue weighted by Crippen LogP contribution is -2.13. The van der Waals surface area contributed by atoms with Gasteiger partial charge in [0.2, 0.25) is 0 Å². The third-order valence-electron chi connectivity index (χ3n) is 3.90. The van der Waals surface area contributed by atoms with Gasteiger partial charge in [0.15, 0.2) is 5.69 Å². The maximum atomic E-state index is 12.5. The van der Waals surface area contributed by atoms with E-state index in [9.17, 15) is 13.8 Å². The molecule has 1 unspecified atom stereocenters. The van der Waals surface area contributed by atoms with E-state index < -0.39 is 11.0 Å². The second kappa shape index (κ2) is 11.2. The highest BCUT2D eigenvalue weighted by molar-refractivity contribution is 7.86. The summed E-state index contributed by atoms with van der Waals surface area (Å²) in [5.41, 5.74) is 2.27. The molecule has 0 aliphatic rings. The molecule has 2 aromatic carbocycles. The summed E-state index contributed by atoms with van der Waals surface area (Å²) in [5, 5.41) is 9.41. The number of aromatic nitrogens is 1. The molecular formula is C23H28N4O4S. The summed E-state index contributed by atoms with van der Waals surface area (Å²) in [6.45, 7) is 7.34. The molecule has 0 radical (unpaired) electrons. The van der Waals surface area contributed by atoms with Crippen molar-refractivity contribution in [3.63, 3.8) is 0 Å². The summed E-state index contributed by atoms with van der Waals surface area (Å²) in [5.74, 6) is 0.166. The number of benzene rings is 2. The lowest BCUT2D eigenvalue weighted by molar-refractivity contribution is -0.113. The van der Waals surface area contributed by atoms with E-state index in [-0.39, 0.29) is 17.0 Å². The predicted octanol–water partition coefficient (Wildman–Crippen LogP) is 4.64. The van der Waals surface area contributed by atoms with Crippen molar-refractivity contribution < 1.29 is 18.3 Å². The highest BCUT2D eigenvalue weighted by atomic mass is 32.2. The summed E-state index contributed by atoms with van der Waals surface area (Å²) in [6, 6.07) is 15.8. The predicted molar refractivity (Wildman–Crippen MR) is 127 cm³/mol. The zero-order valence-electron chi connectivity index (χ0n) is 18.8. The van der Waals surface area contributed by atoms with E-state index in [1.807, 2.05) is 52.1 Å². The Kier molecular flexibility index (Phi) is 8.71. The molecule has 0 saturated heterocycles. The lowest BCUT2D eigenvalue weighted by atomic mass is 10.0. The molecule has 1 amide bonds. The van der Waals surface area contributed by atoms with Gasteiger partial charge in [-0.3, -0.25) is 4.79 Å². The van der Waals surface area contributed by atoms with Crippen LogP contribution in [0.5, 0.6) is 0 Å². The molecule has 0 saturated carbocycles. The lowest BCUT2D eigenvalue weighted by Gasteiger charge is -2.09. The van der Waals surface area contributed by atoms with Gasteiger partial charge in [0, 0.05) is 35.6 Å². The van der Waals surface area contributed by atoms with Gasteiger partial charge in [-0.2, -0.15) is 0 Å². The van der Waals surface area contributed by atoms with E-state index >= 15 is 0 Å². The SMILES string of the molecule is CC(C)(C)C=O.CNc1ccc(NS(=O)c2cccc(NC(=O)c3cc(C)on3)c2)cc1. The van der Waals surface area contributed by atoms with Crippen molar-refractivity contribution in [2.24, 2.45) is 5.41 Å². The maximum absolute atomic E-state index is 12.5. The van der Waals surface area contributed by atoms with Crippen molar-refractivity contribution in [2.45, 2.75) is 32.6 Å². The van der Waals surface area contributed by atoms with Crippen LogP contribution >= 0.6 is 0 Å². The summed E-state index contributed by atoms with van der Waals surface area (Å²) >= 11 is 0. The molecule has 0 fully saturated rings. The van der Waals surface area contributed by atoms with Crippen LogP contribution in [-0.2, 0) is 15.8 Å². The van der Waals surface area contributed by atoms with Crippen molar-refractivity contribution in [2.75, 3.05) is 22.4 Å². The molecule has 0 aliphatic carbocycles. The van der Waals surface area contributed by atoms with Crippen molar-refractivity contribution in [3.05, 3.63) is 66.1 Å². The zero-order chi connectivity index (χ0) is 23.7. The molecule has 0 aliphatic heterocycles. The molecule has 170 valence electrons. The number of aryl methyl sites for hydroxylation is 1. The van der Waals surface area contributed by atoms with Gasteiger partial charge in [-0.1, -0.05) is 32.0 Å². The maximum Gasteiger partial charge on any atom is 0.277 e. The van der Waals surface area contributed by atoms with Crippen molar-refractivity contribution in [1.82, 2.24) is 5.16 Å². The molecule has 9 heteroatoms. The molecule has 1 atom stereocenters. The Hall–Kier alpha value is -3.46. The monoisotopic (exact) mass is 456 g/mol. The van der Waals surface area contributed by atoms with Crippen molar-refractivity contribution in [3.8, 4) is 0 Å². The van der Waals surface area contributed by atoms with Gasteiger partial charge in [-0.15, -0.1) is 0 Å². The van der Waals surface area contributed by atoms with Gasteiger partial charge >= 0.3 is 0 Å². The minimum atomic E-state index is -1.46. The second-order valence-electron chi connectivity index (χ2n) is 7.99. The van der Waals surface area contributed by atoms with E-state index in [0.717, 1.165) is 17.7 Å². The van der Waals surface area contributed by atoms with Crippen LogP contribution in [-0.4, -0.2) is 28.6 Å². The number of carbonyl (C=O) groups excluding carboxylic acids is 2. The fourth-order valence-corrected chi connectivity index (χ4v) is 3.13. The van der Waals surface area contributed by atoms with Crippen LogP contribution in [0.2, 0.25) is 0 Å². The molecule has 8 nitrogen and oxygen atoms in total. The molecule has 3 rings (SSSR count). The first-order chi connectivity index (χ1) is 15.1. The van der Waals surface area contributed by atoms with Gasteiger partial charge < -0.3 is 24.7 Å². The molecule has 1 heterocycles. The second-order valence-corrected chi connectivity index (χ2v) is 9.20. The van der Waals surface area contributed by atoms with Crippen LogP contribution in [0.3, 0.4) is 0 Å². The van der Waals surface area contributed by atoms with Crippen LogP contribution in [0.25, 0.3) is 0 Å². The number of rotatable bonds is 6. The Labute approximate surface area is 190 Å². The zero-order valence-corrected chi connectivity index (χ0v) is 19.6. The van der Waals surface area contributed by atoms with Crippen LogP contribution < -0.4 is 15.4 Å². The number of anilines is 3. The Morgan fingerprint density at radius 2 is 1.66 bits per heavy atom. The van der Waals surface area contributed by atoms with E-state index in [4.69, 9.17) is 4.52 Å². The Bertz CT molecular complexity index is 1070. The third kappa shape index (κ3) is 7.99. The Morgan fingerprint density at radius 1 is 1.03 bits per heavy atom. The Balaban J connectivity index is 0.000000534. The molecule has 1 aromatic heterocycles. The van der Waals surface area contributed by atoms with Crippen LogP contribution in [0.1, 0.15) is 37.0 Å². The average molecular weight is 457 g/mol. The van der Waals surface area contributed by atoms with Crippen LogP contribution in [0, 0.1) is 12.3 Å². The summed E-state index contributed by atoms with van der Waals surface area (Å²) in [7, 11) is 0.370. The van der Waals surface area contributed by atoms with Gasteiger partial charge in [0.25, 0.3) is 5.91 Å². The number of hydrogen-bond acceptors (Lipinski definition) is 6. The topological polar surface area (TPSA) is 113 Å². The fraction of sp³-hybridized carbons (Fsp3) is 0.261. The first-order valence-electron chi connectivity index (χ1n) is 9.88. The van der Waals surface area contributed by atoms with Crippen LogP contribution in [0.15, 0.2) is 64.0 Å². The number of aldehydes is 1. The third-order valence-corrected chi connectivity index (χ3v) is 5.01. The normalized spacial score (nSPS) is 11.5.